The van der Waals surface area contributed by atoms with Crippen molar-refractivity contribution in [1.29, 1.82) is 0 Å². The van der Waals surface area contributed by atoms with E-state index in [1.807, 2.05) is 0 Å². The van der Waals surface area contributed by atoms with Gasteiger partial charge in [0.15, 0.2) is 0 Å². The molecule has 1 aromatic heterocycles. The zero-order valence-corrected chi connectivity index (χ0v) is 16.4. The Morgan fingerprint density at radius 3 is 2.52 bits per heavy atom. The molecule has 0 bridgehead atoms. The zero-order valence-electron chi connectivity index (χ0n) is 15.6. The Kier molecular flexibility index (Phi) is 5.84. The number of primary amides is 1. The number of urea groups is 1. The van der Waals surface area contributed by atoms with Crippen LogP contribution in [0.25, 0.3) is 11.3 Å². The van der Waals surface area contributed by atoms with E-state index in [0.717, 1.165) is 5.56 Å². The summed E-state index contributed by atoms with van der Waals surface area (Å²) in [4.78, 5) is 23.8. The number of nitrogens with one attached hydrogen (secondary N) is 2. The third-order valence-corrected chi connectivity index (χ3v) is 4.63. The highest BCUT2D eigenvalue weighted by atomic mass is 35.5. The van der Waals surface area contributed by atoms with E-state index in [9.17, 15) is 14.0 Å². The molecule has 150 valence electrons. The van der Waals surface area contributed by atoms with E-state index in [1.54, 1.807) is 38.1 Å². The van der Waals surface area contributed by atoms with Gasteiger partial charge in [0.05, 0.1) is 16.6 Å². The molecule has 0 radical (unpaired) electrons. The number of benzene rings is 2. The second kappa shape index (κ2) is 8.32. The lowest BCUT2D eigenvalue weighted by atomic mass is 10.0. The van der Waals surface area contributed by atoms with Gasteiger partial charge < -0.3 is 20.9 Å². The van der Waals surface area contributed by atoms with Crippen molar-refractivity contribution >= 4 is 29.2 Å². The Hall–Kier alpha value is -3.39. The summed E-state index contributed by atoms with van der Waals surface area (Å²) in [7, 11) is 0. The van der Waals surface area contributed by atoms with Crippen LogP contribution in [0.15, 0.2) is 47.0 Å². The van der Waals surface area contributed by atoms with Crippen LogP contribution in [0.3, 0.4) is 0 Å². The third kappa shape index (κ3) is 4.38. The topological polar surface area (TPSA) is 110 Å². The largest absolute Gasteiger partial charge is 0.360 e. The molecular formula is C20H18ClFN4O3. The van der Waals surface area contributed by atoms with Crippen LogP contribution in [0.5, 0.6) is 0 Å². The van der Waals surface area contributed by atoms with Crippen LogP contribution in [0.1, 0.15) is 34.6 Å². The summed E-state index contributed by atoms with van der Waals surface area (Å²) in [6.07, 6.45) is 0. The molecule has 0 saturated heterocycles. The Morgan fingerprint density at radius 1 is 1.21 bits per heavy atom. The predicted octanol–water partition coefficient (Wildman–Crippen LogP) is 4.42. The number of rotatable bonds is 5. The second-order valence-corrected chi connectivity index (χ2v) is 6.77. The number of hydrogen-bond acceptors (Lipinski definition) is 4. The molecule has 1 heterocycles. The summed E-state index contributed by atoms with van der Waals surface area (Å²) in [5, 5.41) is 9.25. The quantitative estimate of drug-likeness (QED) is 0.571. The molecule has 1 unspecified atom stereocenters. The number of nitrogens with two attached hydrogens (primary N) is 1. The van der Waals surface area contributed by atoms with E-state index in [4.69, 9.17) is 21.9 Å². The molecule has 9 heteroatoms. The third-order valence-electron chi connectivity index (χ3n) is 4.32. The van der Waals surface area contributed by atoms with Crippen molar-refractivity contribution in [2.24, 2.45) is 5.73 Å². The summed E-state index contributed by atoms with van der Waals surface area (Å²) in [6.45, 7) is 3.35. The van der Waals surface area contributed by atoms with E-state index < -0.39 is 17.8 Å². The lowest BCUT2D eigenvalue weighted by Gasteiger charge is -2.15. The highest BCUT2D eigenvalue weighted by Crippen LogP contribution is 2.33. The highest BCUT2D eigenvalue weighted by molar-refractivity contribution is 6.33. The fraction of sp³-hybridized carbons (Fsp3) is 0.150. The molecule has 0 fully saturated rings. The van der Waals surface area contributed by atoms with E-state index >= 15 is 0 Å². The number of anilines is 1. The maximum absolute atomic E-state index is 14.3. The number of carbonyl (C=O) groups excluding carboxylic acids is 2. The van der Waals surface area contributed by atoms with Crippen molar-refractivity contribution in [3.8, 4) is 11.3 Å². The molecule has 4 N–H and O–H groups in total. The standard InChI is InChI=1S/C20H18ClFN4O3/c1-10(12-6-8-13(9-7-12)25-20(23)28)24-19(27)16-11(2)29-26-18(16)17-14(21)4-3-5-15(17)22/h3-10H,1-2H3,(H,24,27)(H3,23,25,28). The molecule has 3 aromatic rings. The monoisotopic (exact) mass is 416 g/mol. The lowest BCUT2D eigenvalue weighted by molar-refractivity contribution is 0.0939. The lowest BCUT2D eigenvalue weighted by Crippen LogP contribution is -2.27. The first kappa shape index (κ1) is 20.3. The summed E-state index contributed by atoms with van der Waals surface area (Å²) in [5.41, 5.74) is 6.55. The summed E-state index contributed by atoms with van der Waals surface area (Å²) in [5.74, 6) is -0.847. The summed E-state index contributed by atoms with van der Waals surface area (Å²) < 4.78 is 19.4. The molecule has 0 aliphatic heterocycles. The normalized spacial score (nSPS) is 11.7. The molecule has 0 spiro atoms. The average molecular weight is 417 g/mol. The number of carbonyl (C=O) groups is 2. The van der Waals surface area contributed by atoms with Gasteiger partial charge in [-0.3, -0.25) is 4.79 Å². The van der Waals surface area contributed by atoms with Gasteiger partial charge in [-0.15, -0.1) is 0 Å². The SMILES string of the molecule is Cc1onc(-c2c(F)cccc2Cl)c1C(=O)NC(C)c1ccc(NC(N)=O)cc1. The fourth-order valence-corrected chi connectivity index (χ4v) is 3.14. The van der Waals surface area contributed by atoms with Crippen LogP contribution >= 0.6 is 11.6 Å². The summed E-state index contributed by atoms with van der Waals surface area (Å²) in [6, 6.07) is 9.97. The van der Waals surface area contributed by atoms with Crippen molar-refractivity contribution in [3.63, 3.8) is 0 Å². The zero-order chi connectivity index (χ0) is 21.1. The Balaban J connectivity index is 1.85. The molecule has 3 rings (SSSR count). The van der Waals surface area contributed by atoms with Gasteiger partial charge in [0.2, 0.25) is 0 Å². The van der Waals surface area contributed by atoms with Gasteiger partial charge in [-0.05, 0) is 43.7 Å². The first-order valence-corrected chi connectivity index (χ1v) is 9.03. The van der Waals surface area contributed by atoms with Crippen LogP contribution in [0.4, 0.5) is 14.9 Å². The fourth-order valence-electron chi connectivity index (χ4n) is 2.88. The van der Waals surface area contributed by atoms with Gasteiger partial charge in [-0.1, -0.05) is 35.0 Å². The van der Waals surface area contributed by atoms with Crippen molar-refractivity contribution in [3.05, 3.63) is 70.2 Å². The van der Waals surface area contributed by atoms with Gasteiger partial charge in [0, 0.05) is 5.69 Å². The number of aromatic nitrogens is 1. The van der Waals surface area contributed by atoms with Gasteiger partial charge in [0.25, 0.3) is 5.91 Å². The smallest absolute Gasteiger partial charge is 0.316 e. The first-order chi connectivity index (χ1) is 13.8. The molecule has 2 aromatic carbocycles. The van der Waals surface area contributed by atoms with Crippen molar-refractivity contribution in [2.45, 2.75) is 19.9 Å². The van der Waals surface area contributed by atoms with E-state index in [1.165, 1.54) is 18.2 Å². The number of halogens is 2. The summed E-state index contributed by atoms with van der Waals surface area (Å²) >= 11 is 6.11. The molecule has 0 aliphatic carbocycles. The van der Waals surface area contributed by atoms with Crippen molar-refractivity contribution in [2.75, 3.05) is 5.32 Å². The first-order valence-electron chi connectivity index (χ1n) is 8.66. The van der Waals surface area contributed by atoms with Crippen molar-refractivity contribution in [1.82, 2.24) is 10.5 Å². The molecule has 1 atom stereocenters. The van der Waals surface area contributed by atoms with E-state index in [-0.39, 0.29) is 33.6 Å². The maximum atomic E-state index is 14.3. The minimum Gasteiger partial charge on any atom is -0.360 e. The molecular weight excluding hydrogens is 399 g/mol. The minimum atomic E-state index is -0.665. The van der Waals surface area contributed by atoms with E-state index in [2.05, 4.69) is 15.8 Å². The molecule has 7 nitrogen and oxygen atoms in total. The van der Waals surface area contributed by atoms with Crippen LogP contribution in [-0.4, -0.2) is 17.1 Å². The van der Waals surface area contributed by atoms with Gasteiger partial charge in [0.1, 0.15) is 22.8 Å². The minimum absolute atomic E-state index is 0.00528. The van der Waals surface area contributed by atoms with Crippen LogP contribution in [0.2, 0.25) is 5.02 Å². The Labute approximate surface area is 171 Å². The van der Waals surface area contributed by atoms with Crippen LogP contribution in [-0.2, 0) is 0 Å². The number of amides is 3. The van der Waals surface area contributed by atoms with Gasteiger partial charge in [-0.25, -0.2) is 9.18 Å². The van der Waals surface area contributed by atoms with Gasteiger partial charge >= 0.3 is 6.03 Å². The number of aryl methyl sites for hydroxylation is 1. The molecule has 3 amide bonds. The van der Waals surface area contributed by atoms with Crippen molar-refractivity contribution < 1.29 is 18.5 Å². The second-order valence-electron chi connectivity index (χ2n) is 6.37. The average Bonchev–Trinajstić information content (AvgIpc) is 3.03. The Bertz CT molecular complexity index is 1050. The molecule has 29 heavy (non-hydrogen) atoms. The highest BCUT2D eigenvalue weighted by Gasteiger charge is 2.26. The van der Waals surface area contributed by atoms with Crippen LogP contribution in [0, 0.1) is 12.7 Å². The van der Waals surface area contributed by atoms with E-state index in [0.29, 0.717) is 5.69 Å². The number of nitrogens with zero attached hydrogens (tertiary/aromatic N) is 1. The molecule has 0 aliphatic rings. The Morgan fingerprint density at radius 2 is 1.90 bits per heavy atom. The maximum Gasteiger partial charge on any atom is 0.316 e. The molecule has 0 saturated carbocycles. The number of hydrogen-bond donors (Lipinski definition) is 3. The van der Waals surface area contributed by atoms with Gasteiger partial charge in [-0.2, -0.15) is 0 Å². The predicted molar refractivity (Wildman–Crippen MR) is 107 cm³/mol. The van der Waals surface area contributed by atoms with Crippen LogP contribution < -0.4 is 16.4 Å².